The smallest absolute Gasteiger partial charge is 0.488 e. The summed E-state index contributed by atoms with van der Waals surface area (Å²) in [6.45, 7) is 10.3. The first-order valence-corrected chi connectivity index (χ1v) is 23.4. The zero-order chi connectivity index (χ0) is 42.7. The van der Waals surface area contributed by atoms with E-state index in [4.69, 9.17) is 27.9 Å². The normalized spacial score (nSPS) is 18.6. The Kier molecular flexibility index (Phi) is 12.6. The molecule has 2 aromatic heterocycles. The van der Waals surface area contributed by atoms with Gasteiger partial charge in [-0.1, -0.05) is 93.6 Å². The van der Waals surface area contributed by atoms with Crippen LogP contribution in [-0.4, -0.2) is 72.9 Å². The van der Waals surface area contributed by atoms with Crippen molar-refractivity contribution in [2.45, 2.75) is 69.0 Å². The first-order valence-electron chi connectivity index (χ1n) is 19.4. The van der Waals surface area contributed by atoms with E-state index in [2.05, 4.69) is 54.1 Å². The van der Waals surface area contributed by atoms with Gasteiger partial charge in [0.15, 0.2) is 31.5 Å². The second-order valence-corrected chi connectivity index (χ2v) is 21.3. The lowest BCUT2D eigenvalue weighted by Crippen LogP contribution is -2.52. The minimum Gasteiger partial charge on any atom is -0.566 e. The highest BCUT2D eigenvalue weighted by molar-refractivity contribution is 7.30. The van der Waals surface area contributed by atoms with Crippen LogP contribution in [0.4, 0.5) is 5.82 Å². The molecule has 3 heterocycles. The summed E-state index contributed by atoms with van der Waals surface area (Å²) in [7, 11) is -2.75. The van der Waals surface area contributed by atoms with E-state index in [1.54, 1.807) is 49.4 Å². The van der Waals surface area contributed by atoms with Gasteiger partial charge in [0.25, 0.3) is 5.91 Å². The number of carbonyl (C=O) groups is 1. The SMILES string of the molecule is COc1ccc(C(OC2[C@@H](CO[P+](=O)[O-])O[C@@H](n3cnc4c(NC(=O)c5ccccc5)ncnc43)[C@H]2O[Si](C)(C)C(C)(C)C)(c2ccccc2)c2ccc(OC)cc2)cc1. The van der Waals surface area contributed by atoms with Crippen molar-refractivity contribution in [3.8, 4) is 11.5 Å². The number of imidazole rings is 1. The van der Waals surface area contributed by atoms with Crippen LogP contribution in [0.2, 0.25) is 18.1 Å². The minimum atomic E-state index is -3.27. The van der Waals surface area contributed by atoms with Crippen LogP contribution in [-0.2, 0) is 28.6 Å². The molecule has 5 atom stereocenters. The zero-order valence-corrected chi connectivity index (χ0v) is 36.4. The van der Waals surface area contributed by atoms with Gasteiger partial charge in [0, 0.05) is 5.56 Å². The van der Waals surface area contributed by atoms with Gasteiger partial charge in [-0.15, -0.1) is 4.52 Å². The maximum Gasteiger partial charge on any atom is 0.488 e. The topological polar surface area (TPSA) is 168 Å². The Labute approximate surface area is 350 Å². The summed E-state index contributed by atoms with van der Waals surface area (Å²) in [5.41, 5.74) is 2.05. The highest BCUT2D eigenvalue weighted by Crippen LogP contribution is 2.49. The average molecular weight is 850 g/mol. The Morgan fingerprint density at radius 1 is 0.817 bits per heavy atom. The van der Waals surface area contributed by atoms with E-state index in [0.29, 0.717) is 28.2 Å². The second-order valence-electron chi connectivity index (χ2n) is 15.9. The van der Waals surface area contributed by atoms with Crippen LogP contribution in [0.5, 0.6) is 11.5 Å². The minimum absolute atomic E-state index is 0.200. The van der Waals surface area contributed by atoms with Gasteiger partial charge in [-0.3, -0.25) is 9.36 Å². The molecule has 0 aliphatic carbocycles. The number of hydrogen-bond donors (Lipinski definition) is 1. The summed E-state index contributed by atoms with van der Waals surface area (Å²) in [6.07, 6.45) is -0.965. The van der Waals surface area contributed by atoms with Crippen LogP contribution in [0.1, 0.15) is 54.0 Å². The van der Waals surface area contributed by atoms with Crippen molar-refractivity contribution in [2.24, 2.45) is 0 Å². The number of carbonyl (C=O) groups excluding carboxylic acids is 1. The standard InChI is InChI=1S/C44H48N5O9PSi/c1-43(2,3)60(6,7)58-38-37(57-44(30-16-12-9-13-17-30,31-18-22-33(53-4)23-19-31)32-20-24-34(54-5)25-21-32)35(26-55-59(51)52)56-42(38)49-28-47-36-39(45-27-46-40(36)49)48-41(50)29-14-10-8-11-15-29/h8-25,27-28,35,37-38,42H,26H2,1-7H3,(H,45,46,48,50)/t35-,37?,38+,42-/m1/s1. The van der Waals surface area contributed by atoms with Crippen molar-refractivity contribution >= 4 is 39.5 Å². The molecule has 4 aromatic carbocycles. The quantitative estimate of drug-likeness (QED) is 0.0606. The molecule has 1 fully saturated rings. The van der Waals surface area contributed by atoms with Crippen molar-refractivity contribution in [1.82, 2.24) is 19.5 Å². The molecule has 7 rings (SSSR count). The molecule has 1 saturated heterocycles. The van der Waals surface area contributed by atoms with Crippen LogP contribution in [0, 0.1) is 0 Å². The number of methoxy groups -OCH3 is 2. The second kappa shape index (κ2) is 17.7. The van der Waals surface area contributed by atoms with Crippen molar-refractivity contribution in [1.29, 1.82) is 0 Å². The lowest BCUT2D eigenvalue weighted by molar-refractivity contribution is -0.190. The first-order chi connectivity index (χ1) is 28.8. The molecular formula is C44H48N5O9PSi. The molecule has 312 valence electrons. The van der Waals surface area contributed by atoms with Crippen molar-refractivity contribution < 1.29 is 42.2 Å². The van der Waals surface area contributed by atoms with E-state index in [1.807, 2.05) is 84.9 Å². The van der Waals surface area contributed by atoms with Gasteiger partial charge in [0.1, 0.15) is 48.3 Å². The molecule has 1 amide bonds. The molecular weight excluding hydrogens is 802 g/mol. The number of benzene rings is 4. The number of anilines is 1. The predicted octanol–water partition coefficient (Wildman–Crippen LogP) is 7.80. The Bertz CT molecular complexity index is 2370. The fourth-order valence-electron chi connectivity index (χ4n) is 7.12. The predicted molar refractivity (Wildman–Crippen MR) is 226 cm³/mol. The average Bonchev–Trinajstić information content (AvgIpc) is 3.83. The van der Waals surface area contributed by atoms with E-state index in [0.717, 1.165) is 16.7 Å². The largest absolute Gasteiger partial charge is 0.566 e. The highest BCUT2D eigenvalue weighted by Gasteiger charge is 2.55. The maximum absolute atomic E-state index is 13.3. The molecule has 60 heavy (non-hydrogen) atoms. The molecule has 0 saturated carbocycles. The molecule has 1 N–H and O–H groups in total. The van der Waals surface area contributed by atoms with E-state index < -0.39 is 46.7 Å². The fraction of sp³-hybridized carbons (Fsp3) is 0.318. The molecule has 0 spiro atoms. The lowest BCUT2D eigenvalue weighted by atomic mass is 9.79. The maximum atomic E-state index is 13.3. The Morgan fingerprint density at radius 2 is 1.38 bits per heavy atom. The van der Waals surface area contributed by atoms with Gasteiger partial charge >= 0.3 is 8.25 Å². The zero-order valence-electron chi connectivity index (χ0n) is 34.5. The molecule has 0 radical (unpaired) electrons. The number of ether oxygens (including phenoxy) is 4. The van der Waals surface area contributed by atoms with E-state index >= 15 is 0 Å². The van der Waals surface area contributed by atoms with Crippen LogP contribution in [0.15, 0.2) is 122 Å². The molecule has 0 bridgehead atoms. The van der Waals surface area contributed by atoms with Gasteiger partial charge in [-0.2, -0.15) is 0 Å². The molecule has 14 nitrogen and oxygen atoms in total. The van der Waals surface area contributed by atoms with Crippen LogP contribution in [0.3, 0.4) is 0 Å². The number of nitrogens with one attached hydrogen (secondary N) is 1. The molecule has 1 aliphatic heterocycles. The summed E-state index contributed by atoms with van der Waals surface area (Å²) in [5.74, 6) is 1.13. The third-order valence-corrected chi connectivity index (χ3v) is 16.1. The van der Waals surface area contributed by atoms with E-state index in [9.17, 15) is 14.3 Å². The molecule has 2 unspecified atom stereocenters. The summed E-state index contributed by atoms with van der Waals surface area (Å²) in [5, 5.41) is 2.59. The van der Waals surface area contributed by atoms with Gasteiger partial charge < -0.3 is 33.6 Å². The van der Waals surface area contributed by atoms with Gasteiger partial charge in [0.2, 0.25) is 0 Å². The molecule has 1 aliphatic rings. The summed E-state index contributed by atoms with van der Waals surface area (Å²) in [6, 6.07) is 33.8. The summed E-state index contributed by atoms with van der Waals surface area (Å²) < 4.78 is 52.2. The van der Waals surface area contributed by atoms with E-state index in [-0.39, 0.29) is 23.4 Å². The highest BCUT2D eigenvalue weighted by atomic mass is 31.1. The number of amides is 1. The van der Waals surface area contributed by atoms with Gasteiger partial charge in [0.05, 0.1) is 20.5 Å². The van der Waals surface area contributed by atoms with Crippen LogP contribution < -0.4 is 19.7 Å². The van der Waals surface area contributed by atoms with E-state index in [1.165, 1.54) is 6.33 Å². The van der Waals surface area contributed by atoms with Crippen molar-refractivity contribution in [3.05, 3.63) is 144 Å². The van der Waals surface area contributed by atoms with Gasteiger partial charge in [-0.25, -0.2) is 15.0 Å². The third-order valence-electron chi connectivity index (χ3n) is 11.3. The van der Waals surface area contributed by atoms with Crippen LogP contribution >= 0.6 is 8.25 Å². The Morgan fingerprint density at radius 3 is 1.93 bits per heavy atom. The fourth-order valence-corrected chi connectivity index (χ4v) is 8.67. The summed E-state index contributed by atoms with van der Waals surface area (Å²) in [4.78, 5) is 39.0. The summed E-state index contributed by atoms with van der Waals surface area (Å²) >= 11 is 0. The number of rotatable bonds is 15. The lowest BCUT2D eigenvalue weighted by Gasteiger charge is -2.43. The first kappa shape index (κ1) is 42.7. The van der Waals surface area contributed by atoms with Crippen LogP contribution in [0.25, 0.3) is 11.2 Å². The number of hydrogen-bond acceptors (Lipinski definition) is 12. The Hall–Kier alpha value is -5.38. The number of aromatic nitrogens is 4. The van der Waals surface area contributed by atoms with Crippen molar-refractivity contribution in [2.75, 3.05) is 26.1 Å². The van der Waals surface area contributed by atoms with Gasteiger partial charge in [-0.05, 0) is 75.8 Å². The van der Waals surface area contributed by atoms with Crippen molar-refractivity contribution in [3.63, 3.8) is 0 Å². The monoisotopic (exact) mass is 849 g/mol. The Balaban J connectivity index is 1.42. The number of nitrogens with zero attached hydrogens (tertiary/aromatic N) is 4. The number of fused-ring (bicyclic) bond motifs is 1. The molecule has 6 aromatic rings. The molecule has 16 heteroatoms. The third kappa shape index (κ3) is 8.61.